The molecule has 0 aromatic rings. The zero-order valence-corrected chi connectivity index (χ0v) is 12.8. The molecule has 2 aliphatic rings. The van der Waals surface area contributed by atoms with Gasteiger partial charge in [-0.3, -0.25) is 0 Å². The van der Waals surface area contributed by atoms with Crippen LogP contribution in [-0.4, -0.2) is 54.4 Å². The van der Waals surface area contributed by atoms with Crippen molar-refractivity contribution in [3.05, 3.63) is 0 Å². The van der Waals surface area contributed by atoms with E-state index in [1.165, 1.54) is 0 Å². The molecule has 2 rings (SSSR count). The highest BCUT2D eigenvalue weighted by Crippen LogP contribution is 2.28. The van der Waals surface area contributed by atoms with Crippen molar-refractivity contribution in [2.24, 2.45) is 11.8 Å². The summed E-state index contributed by atoms with van der Waals surface area (Å²) in [4.78, 5) is 0. The van der Waals surface area contributed by atoms with Crippen molar-refractivity contribution in [3.8, 4) is 0 Å². The highest BCUT2D eigenvalue weighted by Gasteiger charge is 2.38. The van der Waals surface area contributed by atoms with Gasteiger partial charge in [0, 0.05) is 32.3 Å². The number of aliphatic hydroxyl groups is 1. The standard InChI is InChI=1S/C13H26N2O3S/c1-11-5-6-12(2)15(8-11)19(17,18)14-7-3-4-13(9-14)10-16/h11-13,16H,3-10H2,1-2H3. The summed E-state index contributed by atoms with van der Waals surface area (Å²) in [5.74, 6) is 0.533. The fourth-order valence-corrected chi connectivity index (χ4v) is 5.16. The molecular weight excluding hydrogens is 264 g/mol. The molecule has 0 aromatic heterocycles. The van der Waals surface area contributed by atoms with E-state index in [1.54, 1.807) is 8.61 Å². The van der Waals surface area contributed by atoms with E-state index in [2.05, 4.69) is 6.92 Å². The number of hydrogen-bond acceptors (Lipinski definition) is 3. The zero-order chi connectivity index (χ0) is 14.0. The van der Waals surface area contributed by atoms with Gasteiger partial charge in [0.25, 0.3) is 10.2 Å². The van der Waals surface area contributed by atoms with E-state index in [1.807, 2.05) is 6.92 Å². The van der Waals surface area contributed by atoms with Crippen LogP contribution in [-0.2, 0) is 10.2 Å². The number of nitrogens with zero attached hydrogens (tertiary/aromatic N) is 2. The van der Waals surface area contributed by atoms with Gasteiger partial charge >= 0.3 is 0 Å². The smallest absolute Gasteiger partial charge is 0.282 e. The lowest BCUT2D eigenvalue weighted by Crippen LogP contribution is -2.53. The van der Waals surface area contributed by atoms with E-state index in [0.717, 1.165) is 25.7 Å². The molecule has 2 saturated heterocycles. The van der Waals surface area contributed by atoms with Gasteiger partial charge in [-0.25, -0.2) is 0 Å². The Labute approximate surface area is 116 Å². The fraction of sp³-hybridized carbons (Fsp3) is 1.00. The summed E-state index contributed by atoms with van der Waals surface area (Å²) in [6.07, 6.45) is 3.82. The van der Waals surface area contributed by atoms with Crippen molar-refractivity contribution >= 4 is 10.2 Å². The van der Waals surface area contributed by atoms with Crippen LogP contribution in [0.25, 0.3) is 0 Å². The first kappa shape index (κ1) is 15.2. The lowest BCUT2D eigenvalue weighted by molar-refractivity contribution is 0.150. The summed E-state index contributed by atoms with van der Waals surface area (Å²) >= 11 is 0. The third kappa shape index (κ3) is 3.29. The molecule has 6 heteroatoms. The largest absolute Gasteiger partial charge is 0.396 e. The molecule has 2 aliphatic heterocycles. The Morgan fingerprint density at radius 3 is 2.58 bits per heavy atom. The number of rotatable bonds is 3. The maximum absolute atomic E-state index is 12.7. The Balaban J connectivity index is 2.12. The highest BCUT2D eigenvalue weighted by atomic mass is 32.2. The molecule has 0 radical (unpaired) electrons. The molecule has 0 spiro atoms. The molecule has 3 unspecified atom stereocenters. The van der Waals surface area contributed by atoms with Crippen molar-refractivity contribution in [3.63, 3.8) is 0 Å². The molecule has 1 N–H and O–H groups in total. The Bertz CT molecular complexity index is 399. The van der Waals surface area contributed by atoms with Crippen molar-refractivity contribution in [2.75, 3.05) is 26.2 Å². The van der Waals surface area contributed by atoms with Crippen molar-refractivity contribution in [2.45, 2.75) is 45.6 Å². The molecule has 0 amide bonds. The zero-order valence-electron chi connectivity index (χ0n) is 12.0. The maximum atomic E-state index is 12.7. The molecule has 0 aliphatic carbocycles. The molecule has 2 heterocycles. The minimum Gasteiger partial charge on any atom is -0.396 e. The van der Waals surface area contributed by atoms with E-state index >= 15 is 0 Å². The minimum atomic E-state index is -3.35. The summed E-state index contributed by atoms with van der Waals surface area (Å²) in [7, 11) is -3.35. The summed E-state index contributed by atoms with van der Waals surface area (Å²) in [5.41, 5.74) is 0. The lowest BCUT2D eigenvalue weighted by atomic mass is 9.97. The van der Waals surface area contributed by atoms with E-state index < -0.39 is 10.2 Å². The Kier molecular flexibility index (Phi) is 4.87. The van der Waals surface area contributed by atoms with Crippen LogP contribution in [0.2, 0.25) is 0 Å². The molecule has 19 heavy (non-hydrogen) atoms. The summed E-state index contributed by atoms with van der Waals surface area (Å²) < 4.78 is 28.7. The van der Waals surface area contributed by atoms with Crippen molar-refractivity contribution < 1.29 is 13.5 Å². The van der Waals surface area contributed by atoms with Crippen LogP contribution in [0.5, 0.6) is 0 Å². The van der Waals surface area contributed by atoms with Gasteiger partial charge in [0.05, 0.1) is 0 Å². The van der Waals surface area contributed by atoms with Gasteiger partial charge in [-0.1, -0.05) is 6.92 Å². The van der Waals surface area contributed by atoms with E-state index in [9.17, 15) is 13.5 Å². The number of hydrogen-bond donors (Lipinski definition) is 1. The Morgan fingerprint density at radius 1 is 1.16 bits per heavy atom. The monoisotopic (exact) mass is 290 g/mol. The first-order chi connectivity index (χ1) is 8.95. The molecular formula is C13H26N2O3S. The minimum absolute atomic E-state index is 0.0813. The van der Waals surface area contributed by atoms with Crippen LogP contribution in [0.15, 0.2) is 0 Å². The van der Waals surface area contributed by atoms with Crippen LogP contribution >= 0.6 is 0 Å². The van der Waals surface area contributed by atoms with Gasteiger partial charge in [-0.05, 0) is 44.4 Å². The normalized spacial score (nSPS) is 35.4. The highest BCUT2D eigenvalue weighted by molar-refractivity contribution is 7.86. The quantitative estimate of drug-likeness (QED) is 0.845. The van der Waals surface area contributed by atoms with Crippen LogP contribution in [0.4, 0.5) is 0 Å². The van der Waals surface area contributed by atoms with Gasteiger partial charge in [0.2, 0.25) is 0 Å². The predicted molar refractivity (Wildman–Crippen MR) is 74.9 cm³/mol. The van der Waals surface area contributed by atoms with E-state index in [4.69, 9.17) is 0 Å². The first-order valence-electron chi connectivity index (χ1n) is 7.33. The van der Waals surface area contributed by atoms with Gasteiger partial charge < -0.3 is 5.11 Å². The summed E-state index contributed by atoms with van der Waals surface area (Å²) in [5, 5.41) is 9.24. The number of piperidine rings is 2. The fourth-order valence-electron chi connectivity index (χ4n) is 3.10. The molecule has 3 atom stereocenters. The molecule has 5 nitrogen and oxygen atoms in total. The topological polar surface area (TPSA) is 60.9 Å². The second kappa shape index (κ2) is 6.08. The average Bonchev–Trinajstić information content (AvgIpc) is 2.41. The van der Waals surface area contributed by atoms with Crippen LogP contribution in [0, 0.1) is 11.8 Å². The second-order valence-corrected chi connectivity index (χ2v) is 8.04. The second-order valence-electron chi connectivity index (χ2n) is 6.16. The van der Waals surface area contributed by atoms with Crippen LogP contribution in [0.3, 0.4) is 0 Å². The molecule has 0 saturated carbocycles. The lowest BCUT2D eigenvalue weighted by Gasteiger charge is -2.40. The van der Waals surface area contributed by atoms with Gasteiger partial charge in [-0.2, -0.15) is 17.0 Å². The number of aliphatic hydroxyl groups excluding tert-OH is 1. The predicted octanol–water partition coefficient (Wildman–Crippen LogP) is 1.06. The molecule has 112 valence electrons. The van der Waals surface area contributed by atoms with Crippen molar-refractivity contribution in [1.29, 1.82) is 0 Å². The summed E-state index contributed by atoms with van der Waals surface area (Å²) in [6, 6.07) is 0.0932. The molecule has 0 bridgehead atoms. The third-order valence-electron chi connectivity index (χ3n) is 4.42. The average molecular weight is 290 g/mol. The Morgan fingerprint density at radius 2 is 1.89 bits per heavy atom. The first-order valence-corrected chi connectivity index (χ1v) is 8.72. The SMILES string of the molecule is CC1CCC(C)N(S(=O)(=O)N2CCCC(CO)C2)C1. The van der Waals surface area contributed by atoms with E-state index in [-0.39, 0.29) is 18.6 Å². The summed E-state index contributed by atoms with van der Waals surface area (Å²) in [6.45, 7) is 5.88. The van der Waals surface area contributed by atoms with Crippen LogP contribution < -0.4 is 0 Å². The van der Waals surface area contributed by atoms with Gasteiger partial charge in [0.15, 0.2) is 0 Å². The van der Waals surface area contributed by atoms with Gasteiger partial charge in [0.1, 0.15) is 0 Å². The van der Waals surface area contributed by atoms with Crippen LogP contribution in [0.1, 0.15) is 39.5 Å². The molecule has 0 aromatic carbocycles. The molecule has 2 fully saturated rings. The Hall–Kier alpha value is -0.170. The maximum Gasteiger partial charge on any atom is 0.282 e. The van der Waals surface area contributed by atoms with Crippen molar-refractivity contribution in [1.82, 2.24) is 8.61 Å². The third-order valence-corrected chi connectivity index (χ3v) is 6.51. The van der Waals surface area contributed by atoms with Gasteiger partial charge in [-0.15, -0.1) is 0 Å². The van der Waals surface area contributed by atoms with E-state index in [0.29, 0.717) is 25.6 Å².